The summed E-state index contributed by atoms with van der Waals surface area (Å²) in [5.74, 6) is -1.76. The predicted molar refractivity (Wildman–Crippen MR) is 74.6 cm³/mol. The van der Waals surface area contributed by atoms with Crippen LogP contribution < -0.4 is 0 Å². The first-order valence-electron chi connectivity index (χ1n) is 7.28. The van der Waals surface area contributed by atoms with Crippen molar-refractivity contribution in [2.24, 2.45) is 0 Å². The smallest absolute Gasteiger partial charge is 0.305 e. The largest absolute Gasteiger partial charge is 0.466 e. The quantitative estimate of drug-likeness (QED) is 0.616. The van der Waals surface area contributed by atoms with Crippen molar-refractivity contribution >= 4 is 11.9 Å². The molecule has 0 aliphatic carbocycles. The Hall–Kier alpha value is -2.08. The standard InChI is InChI=1S/C16H18O6/c1-11(17)20-15-7-5-13-3-4-14(19-13)6-8-16(22-15,10-9-15)21-12(2)18/h3-4,9-10H,5-8H2,1-2H3/t15-,16-/m0/s1. The number of fused-ring (bicyclic) bond motifs is 4. The zero-order chi connectivity index (χ0) is 15.8. The zero-order valence-electron chi connectivity index (χ0n) is 12.6. The van der Waals surface area contributed by atoms with E-state index in [1.165, 1.54) is 13.8 Å². The van der Waals surface area contributed by atoms with E-state index in [0.717, 1.165) is 11.5 Å². The molecule has 0 fully saturated rings. The monoisotopic (exact) mass is 306 g/mol. The molecule has 0 saturated carbocycles. The van der Waals surface area contributed by atoms with Gasteiger partial charge in [-0.1, -0.05) is 0 Å². The van der Waals surface area contributed by atoms with Crippen LogP contribution in [0.3, 0.4) is 0 Å². The van der Waals surface area contributed by atoms with Gasteiger partial charge in [0.2, 0.25) is 11.6 Å². The Morgan fingerprint density at radius 1 is 0.955 bits per heavy atom. The molecule has 0 spiro atoms. The molecule has 0 saturated heterocycles. The fraction of sp³-hybridized carbons (Fsp3) is 0.500. The van der Waals surface area contributed by atoms with E-state index in [2.05, 4.69) is 0 Å². The van der Waals surface area contributed by atoms with Gasteiger partial charge in [-0.3, -0.25) is 14.3 Å². The average molecular weight is 306 g/mol. The predicted octanol–water partition coefficient (Wildman–Crippen LogP) is 2.26. The Bertz CT molecular complexity index is 580. The van der Waals surface area contributed by atoms with E-state index in [9.17, 15) is 9.59 Å². The molecule has 3 heterocycles. The van der Waals surface area contributed by atoms with Gasteiger partial charge in [0.05, 0.1) is 0 Å². The van der Waals surface area contributed by atoms with Crippen LogP contribution in [0.4, 0.5) is 0 Å². The minimum absolute atomic E-state index is 0.388. The summed E-state index contributed by atoms with van der Waals surface area (Å²) in [6, 6.07) is 3.80. The third kappa shape index (κ3) is 2.92. The molecule has 1 aromatic heterocycles. The molecule has 1 aromatic rings. The van der Waals surface area contributed by atoms with Gasteiger partial charge in [-0.05, 0) is 24.3 Å². The van der Waals surface area contributed by atoms with Crippen LogP contribution in [0.5, 0.6) is 0 Å². The van der Waals surface area contributed by atoms with Crippen LogP contribution in [-0.2, 0) is 36.6 Å². The summed E-state index contributed by atoms with van der Waals surface area (Å²) >= 11 is 0. The van der Waals surface area contributed by atoms with E-state index in [0.29, 0.717) is 25.7 Å². The van der Waals surface area contributed by atoms with Crippen LogP contribution in [-0.4, -0.2) is 23.5 Å². The van der Waals surface area contributed by atoms with Crippen LogP contribution in [0.1, 0.15) is 38.2 Å². The van der Waals surface area contributed by atoms with E-state index in [1.807, 2.05) is 12.1 Å². The van der Waals surface area contributed by atoms with Gasteiger partial charge in [0, 0.05) is 39.5 Å². The minimum Gasteiger partial charge on any atom is -0.466 e. The van der Waals surface area contributed by atoms with Crippen LogP contribution in [0.2, 0.25) is 0 Å². The molecule has 0 N–H and O–H groups in total. The lowest BCUT2D eigenvalue weighted by molar-refractivity contribution is -0.292. The second kappa shape index (κ2) is 5.28. The highest BCUT2D eigenvalue weighted by Gasteiger charge is 2.49. The van der Waals surface area contributed by atoms with Gasteiger partial charge in [0.15, 0.2) is 0 Å². The molecule has 22 heavy (non-hydrogen) atoms. The van der Waals surface area contributed by atoms with Gasteiger partial charge in [-0.2, -0.15) is 0 Å². The molecule has 3 rings (SSSR count). The first-order chi connectivity index (χ1) is 10.4. The number of rotatable bonds is 2. The Balaban J connectivity index is 1.94. The van der Waals surface area contributed by atoms with Crippen molar-refractivity contribution in [2.45, 2.75) is 51.1 Å². The molecular formula is C16H18O6. The lowest BCUT2D eigenvalue weighted by Crippen LogP contribution is -2.43. The lowest BCUT2D eigenvalue weighted by Gasteiger charge is -2.34. The van der Waals surface area contributed by atoms with Gasteiger partial charge in [-0.15, -0.1) is 0 Å². The van der Waals surface area contributed by atoms with Crippen molar-refractivity contribution in [3.8, 4) is 0 Å². The third-order valence-electron chi connectivity index (χ3n) is 3.73. The van der Waals surface area contributed by atoms with E-state index in [-0.39, 0.29) is 0 Å². The Morgan fingerprint density at radius 2 is 1.41 bits per heavy atom. The van der Waals surface area contributed by atoms with Crippen molar-refractivity contribution in [1.82, 2.24) is 0 Å². The number of esters is 2. The van der Waals surface area contributed by atoms with Crippen molar-refractivity contribution in [3.05, 3.63) is 35.8 Å². The lowest BCUT2D eigenvalue weighted by atomic mass is 10.1. The van der Waals surface area contributed by atoms with Gasteiger partial charge in [0.1, 0.15) is 11.5 Å². The minimum atomic E-state index is -1.23. The zero-order valence-corrected chi connectivity index (χ0v) is 12.6. The molecule has 0 radical (unpaired) electrons. The molecular weight excluding hydrogens is 288 g/mol. The summed E-state index contributed by atoms with van der Waals surface area (Å²) in [5, 5.41) is 0. The first kappa shape index (κ1) is 14.8. The highest BCUT2D eigenvalue weighted by Crippen LogP contribution is 2.40. The number of ether oxygens (including phenoxy) is 3. The number of hydrogen-bond acceptors (Lipinski definition) is 6. The molecule has 4 bridgehead atoms. The Morgan fingerprint density at radius 3 is 1.82 bits per heavy atom. The highest BCUT2D eigenvalue weighted by molar-refractivity contribution is 5.67. The molecule has 0 aromatic carbocycles. The molecule has 2 atom stereocenters. The van der Waals surface area contributed by atoms with Gasteiger partial charge in [0.25, 0.3) is 0 Å². The number of hydrogen-bond donors (Lipinski definition) is 0. The summed E-state index contributed by atoms with van der Waals surface area (Å²) in [4.78, 5) is 22.9. The maximum Gasteiger partial charge on any atom is 0.305 e. The van der Waals surface area contributed by atoms with Crippen molar-refractivity contribution < 1.29 is 28.2 Å². The molecule has 6 nitrogen and oxygen atoms in total. The highest BCUT2D eigenvalue weighted by atomic mass is 16.8. The van der Waals surface area contributed by atoms with E-state index in [1.54, 1.807) is 12.2 Å². The van der Waals surface area contributed by atoms with E-state index >= 15 is 0 Å². The van der Waals surface area contributed by atoms with Crippen LogP contribution in [0.15, 0.2) is 28.7 Å². The molecule has 2 aliphatic heterocycles. The third-order valence-corrected chi connectivity index (χ3v) is 3.73. The normalized spacial score (nSPS) is 29.9. The van der Waals surface area contributed by atoms with Crippen LogP contribution >= 0.6 is 0 Å². The van der Waals surface area contributed by atoms with Gasteiger partial charge >= 0.3 is 11.9 Å². The summed E-state index contributed by atoms with van der Waals surface area (Å²) in [6.45, 7) is 2.64. The second-order valence-electron chi connectivity index (χ2n) is 5.61. The van der Waals surface area contributed by atoms with Crippen molar-refractivity contribution in [1.29, 1.82) is 0 Å². The Kier molecular flexibility index (Phi) is 3.56. The number of carbonyl (C=O) groups is 2. The maximum atomic E-state index is 11.4. The van der Waals surface area contributed by atoms with Gasteiger partial charge in [-0.25, -0.2) is 0 Å². The topological polar surface area (TPSA) is 75.0 Å². The van der Waals surface area contributed by atoms with Gasteiger partial charge < -0.3 is 13.9 Å². The summed E-state index contributed by atoms with van der Waals surface area (Å²) in [6.07, 6.45) is 5.19. The second-order valence-corrected chi connectivity index (χ2v) is 5.61. The number of aryl methyl sites for hydroxylation is 2. The summed E-state index contributed by atoms with van der Waals surface area (Å²) in [5.41, 5.74) is 0. The number of carbonyl (C=O) groups excluding carboxylic acids is 2. The molecule has 6 heteroatoms. The first-order valence-corrected chi connectivity index (χ1v) is 7.28. The van der Waals surface area contributed by atoms with E-state index in [4.69, 9.17) is 18.6 Å². The fourth-order valence-electron chi connectivity index (χ4n) is 2.87. The average Bonchev–Trinajstić information content (AvgIpc) is 2.98. The summed E-state index contributed by atoms with van der Waals surface area (Å²) < 4.78 is 22.4. The fourth-order valence-corrected chi connectivity index (χ4v) is 2.87. The molecule has 118 valence electrons. The van der Waals surface area contributed by atoms with Crippen LogP contribution in [0, 0.1) is 0 Å². The summed E-state index contributed by atoms with van der Waals surface area (Å²) in [7, 11) is 0. The molecule has 0 amide bonds. The Labute approximate surface area is 128 Å². The SMILES string of the molecule is CC(=O)O[C@@]12C=C[C@](OC(C)=O)(CCc3ccc(o3)CC1)O2. The van der Waals surface area contributed by atoms with Crippen molar-refractivity contribution in [2.75, 3.05) is 0 Å². The van der Waals surface area contributed by atoms with Crippen LogP contribution in [0.25, 0.3) is 0 Å². The van der Waals surface area contributed by atoms with E-state index < -0.39 is 23.5 Å². The van der Waals surface area contributed by atoms with Crippen molar-refractivity contribution in [3.63, 3.8) is 0 Å². The molecule has 0 unspecified atom stereocenters. The number of furan rings is 1. The molecule has 2 aliphatic rings. The maximum absolute atomic E-state index is 11.4.